The summed E-state index contributed by atoms with van der Waals surface area (Å²) in [4.78, 5) is 32.7. The minimum atomic E-state index is -0.832. The van der Waals surface area contributed by atoms with Crippen LogP contribution in [-0.2, 0) is 25.2 Å². The number of ether oxygens (including phenoxy) is 1. The Hall–Kier alpha value is -4.32. The number of benzene rings is 2. The van der Waals surface area contributed by atoms with E-state index in [1.807, 2.05) is 36.4 Å². The second-order valence-electron chi connectivity index (χ2n) is 9.84. The number of nitrogens with zero attached hydrogens (tertiary/aromatic N) is 2. The van der Waals surface area contributed by atoms with Gasteiger partial charge in [-0.2, -0.15) is 0 Å². The Morgan fingerprint density at radius 1 is 0.757 bits per heavy atom. The summed E-state index contributed by atoms with van der Waals surface area (Å²) in [5, 5.41) is 9.81. The first-order valence-corrected chi connectivity index (χ1v) is 12.5. The molecule has 0 fully saturated rings. The van der Waals surface area contributed by atoms with Gasteiger partial charge in [0, 0.05) is 40.8 Å². The van der Waals surface area contributed by atoms with E-state index in [0.29, 0.717) is 25.7 Å². The van der Waals surface area contributed by atoms with Gasteiger partial charge in [-0.15, -0.1) is 0 Å². The van der Waals surface area contributed by atoms with Crippen LogP contribution in [0.15, 0.2) is 85.2 Å². The molecule has 6 heteroatoms. The van der Waals surface area contributed by atoms with Crippen LogP contribution in [0.3, 0.4) is 0 Å². The molecule has 0 aliphatic heterocycles. The predicted octanol–water partition coefficient (Wildman–Crippen LogP) is 5.53. The largest absolute Gasteiger partial charge is 0.481 e. The first-order chi connectivity index (χ1) is 18.1. The van der Waals surface area contributed by atoms with Crippen molar-refractivity contribution in [3.63, 3.8) is 0 Å². The van der Waals surface area contributed by atoms with E-state index in [-0.39, 0.29) is 13.0 Å². The number of pyridine rings is 2. The number of fused-ring (bicyclic) bond motifs is 6. The smallest absolute Gasteiger partial charge is 0.303 e. The van der Waals surface area contributed by atoms with Gasteiger partial charge in [-0.3, -0.25) is 19.6 Å². The summed E-state index contributed by atoms with van der Waals surface area (Å²) in [6, 6.07) is 24.5. The van der Waals surface area contributed by atoms with Gasteiger partial charge in [-0.1, -0.05) is 60.7 Å². The molecule has 2 aliphatic carbocycles. The third-order valence-electron chi connectivity index (χ3n) is 8.13. The Labute approximate surface area is 215 Å². The molecule has 184 valence electrons. The number of carboxylic acids is 1. The quantitative estimate of drug-likeness (QED) is 0.245. The van der Waals surface area contributed by atoms with Gasteiger partial charge in [0.2, 0.25) is 0 Å². The van der Waals surface area contributed by atoms with E-state index in [2.05, 4.69) is 36.4 Å². The van der Waals surface area contributed by atoms with Crippen molar-refractivity contribution < 1.29 is 19.4 Å². The highest BCUT2D eigenvalue weighted by molar-refractivity contribution is 5.82. The molecule has 6 nitrogen and oxygen atoms in total. The lowest BCUT2D eigenvalue weighted by Gasteiger charge is -2.42. The number of aromatic nitrogens is 2. The molecule has 0 bridgehead atoms. The second kappa shape index (κ2) is 8.96. The molecular formula is C31H26N2O4. The molecular weight excluding hydrogens is 464 g/mol. The highest BCUT2D eigenvalue weighted by Crippen LogP contribution is 2.61. The topological polar surface area (TPSA) is 89.4 Å². The monoisotopic (exact) mass is 490 g/mol. The first kappa shape index (κ1) is 23.1. The van der Waals surface area contributed by atoms with Crippen LogP contribution in [0, 0.1) is 0 Å². The second-order valence-corrected chi connectivity index (χ2v) is 9.84. The van der Waals surface area contributed by atoms with Gasteiger partial charge in [0.15, 0.2) is 0 Å². The van der Waals surface area contributed by atoms with Crippen LogP contribution in [-0.4, -0.2) is 34.1 Å². The number of hydrogen-bond acceptors (Lipinski definition) is 5. The van der Waals surface area contributed by atoms with Crippen LogP contribution in [0.25, 0.3) is 22.5 Å². The molecule has 2 atom stereocenters. The van der Waals surface area contributed by atoms with E-state index in [4.69, 9.17) is 14.7 Å². The molecule has 4 aromatic rings. The Morgan fingerprint density at radius 2 is 1.27 bits per heavy atom. The maximum absolute atomic E-state index is 12.0. The van der Waals surface area contributed by atoms with Gasteiger partial charge in [0.1, 0.15) is 0 Å². The number of aliphatic carboxylic acids is 1. The first-order valence-electron chi connectivity index (χ1n) is 12.5. The number of carbonyl (C=O) groups excluding carboxylic acids is 1. The average molecular weight is 491 g/mol. The lowest BCUT2D eigenvalue weighted by Crippen LogP contribution is -2.39. The Morgan fingerprint density at radius 3 is 1.81 bits per heavy atom. The number of carboxylic acid groups (broad SMARTS) is 1. The lowest BCUT2D eigenvalue weighted by atomic mass is 9.60. The van der Waals surface area contributed by atoms with Crippen molar-refractivity contribution in [3.05, 3.63) is 107 Å². The van der Waals surface area contributed by atoms with E-state index in [0.717, 1.165) is 44.8 Å². The molecule has 2 heterocycles. The highest BCUT2D eigenvalue weighted by Gasteiger charge is 2.53. The normalized spacial score (nSPS) is 20.4. The summed E-state index contributed by atoms with van der Waals surface area (Å²) in [5.74, 6) is -0.832. The van der Waals surface area contributed by atoms with Crippen LogP contribution in [0.5, 0.6) is 0 Å². The summed E-state index contributed by atoms with van der Waals surface area (Å²) in [6.07, 6.45) is 5.19. The Kier molecular flexibility index (Phi) is 5.60. The van der Waals surface area contributed by atoms with E-state index in [1.165, 1.54) is 0 Å². The minimum absolute atomic E-state index is 0.0190. The van der Waals surface area contributed by atoms with Crippen molar-refractivity contribution in [2.45, 2.75) is 36.5 Å². The molecule has 37 heavy (non-hydrogen) atoms. The van der Waals surface area contributed by atoms with Crippen molar-refractivity contribution in [2.75, 3.05) is 6.61 Å². The van der Waals surface area contributed by atoms with Crippen molar-refractivity contribution in [2.24, 2.45) is 0 Å². The summed E-state index contributed by atoms with van der Waals surface area (Å²) in [5.41, 5.74) is 7.12. The van der Waals surface area contributed by atoms with Gasteiger partial charge in [0.05, 0.1) is 18.0 Å². The summed E-state index contributed by atoms with van der Waals surface area (Å²) in [6.45, 7) is 0.728. The van der Waals surface area contributed by atoms with E-state index < -0.39 is 16.8 Å². The van der Waals surface area contributed by atoms with Crippen molar-refractivity contribution in [1.82, 2.24) is 9.97 Å². The van der Waals surface area contributed by atoms with Crippen molar-refractivity contribution in [3.8, 4) is 22.5 Å². The fourth-order valence-electron chi connectivity index (χ4n) is 6.73. The predicted molar refractivity (Wildman–Crippen MR) is 139 cm³/mol. The van der Waals surface area contributed by atoms with Crippen molar-refractivity contribution >= 4 is 12.4 Å². The zero-order chi connectivity index (χ0) is 25.5. The number of rotatable bonds is 9. The Balaban J connectivity index is 1.63. The molecule has 0 saturated carbocycles. The van der Waals surface area contributed by atoms with Crippen molar-refractivity contribution in [1.29, 1.82) is 0 Å². The Bertz CT molecular complexity index is 1420. The van der Waals surface area contributed by atoms with Crippen LogP contribution in [0.2, 0.25) is 0 Å². The standard InChI is InChI=1S/C31H26N2O4/c34-20-37-18-15-31(24-10-4-2-8-22(24)29-26(31)12-6-17-33-29)19-30(14-13-27(35)36)23-9-3-1-7-21(23)28-25(30)11-5-16-32-28/h1-12,16-17,20H,13-15,18-19H2,(H,35,36). The third kappa shape index (κ3) is 3.47. The molecule has 2 aromatic heterocycles. The van der Waals surface area contributed by atoms with Crippen LogP contribution in [0.1, 0.15) is 47.9 Å². The fourth-order valence-corrected chi connectivity index (χ4v) is 6.73. The molecule has 1 N–H and O–H groups in total. The van der Waals surface area contributed by atoms with Crippen LogP contribution in [0.4, 0.5) is 0 Å². The van der Waals surface area contributed by atoms with E-state index >= 15 is 0 Å². The molecule has 6 rings (SSSR count). The van der Waals surface area contributed by atoms with E-state index in [1.54, 1.807) is 12.4 Å². The summed E-state index contributed by atoms with van der Waals surface area (Å²) in [7, 11) is 0. The minimum Gasteiger partial charge on any atom is -0.481 e. The third-order valence-corrected chi connectivity index (χ3v) is 8.13. The van der Waals surface area contributed by atoms with Crippen LogP contribution < -0.4 is 0 Å². The average Bonchev–Trinajstić information content (AvgIpc) is 3.37. The van der Waals surface area contributed by atoms with E-state index in [9.17, 15) is 14.7 Å². The summed E-state index contributed by atoms with van der Waals surface area (Å²) < 4.78 is 5.28. The summed E-state index contributed by atoms with van der Waals surface area (Å²) >= 11 is 0. The van der Waals surface area contributed by atoms with Gasteiger partial charge in [0.25, 0.3) is 6.47 Å². The van der Waals surface area contributed by atoms with Crippen LogP contribution >= 0.6 is 0 Å². The van der Waals surface area contributed by atoms with Gasteiger partial charge in [-0.25, -0.2) is 0 Å². The fraction of sp³-hybridized carbons (Fsp3) is 0.226. The lowest BCUT2D eigenvalue weighted by molar-refractivity contribution is -0.137. The maximum Gasteiger partial charge on any atom is 0.303 e. The molecule has 0 spiro atoms. The van der Waals surface area contributed by atoms with Gasteiger partial charge >= 0.3 is 5.97 Å². The molecule has 2 unspecified atom stereocenters. The molecule has 0 radical (unpaired) electrons. The highest BCUT2D eigenvalue weighted by atomic mass is 16.5. The molecule has 0 saturated heterocycles. The number of carbonyl (C=O) groups is 2. The van der Waals surface area contributed by atoms with Gasteiger partial charge < -0.3 is 9.84 Å². The zero-order valence-electron chi connectivity index (χ0n) is 20.3. The number of hydrogen-bond donors (Lipinski definition) is 1. The molecule has 2 aromatic carbocycles. The zero-order valence-corrected chi connectivity index (χ0v) is 20.3. The molecule has 0 amide bonds. The van der Waals surface area contributed by atoms with Gasteiger partial charge in [-0.05, 0) is 53.6 Å². The maximum atomic E-state index is 12.0. The molecule has 2 aliphatic rings. The SMILES string of the molecule is O=COCCC1(CC2(CCC(=O)O)c3ccccc3-c3ncccc32)c2ccccc2-c2ncccc21.